The van der Waals surface area contributed by atoms with Crippen LogP contribution >= 0.6 is 11.3 Å². The van der Waals surface area contributed by atoms with Crippen LogP contribution in [0.3, 0.4) is 0 Å². The van der Waals surface area contributed by atoms with Crippen LogP contribution in [0.1, 0.15) is 30.5 Å². The third-order valence-electron chi connectivity index (χ3n) is 4.30. The molecule has 0 spiro atoms. The van der Waals surface area contributed by atoms with E-state index >= 15 is 0 Å². The van der Waals surface area contributed by atoms with Crippen molar-refractivity contribution in [2.24, 2.45) is 0 Å². The van der Waals surface area contributed by atoms with Crippen LogP contribution in [0.25, 0.3) is 20.4 Å². The summed E-state index contributed by atoms with van der Waals surface area (Å²) in [7, 11) is 0. The van der Waals surface area contributed by atoms with Gasteiger partial charge in [-0.15, -0.1) is 16.4 Å². The molecular weight excluding hydrogens is 282 g/mol. The fraction of sp³-hybridized carbons (Fsp3) is 0.467. The van der Waals surface area contributed by atoms with Crippen LogP contribution in [0.2, 0.25) is 0 Å². The van der Waals surface area contributed by atoms with Crippen molar-refractivity contribution in [3.05, 3.63) is 17.6 Å². The Balaban J connectivity index is 1.99. The van der Waals surface area contributed by atoms with E-state index in [9.17, 15) is 0 Å². The fourth-order valence-corrected chi connectivity index (χ4v) is 4.15. The van der Waals surface area contributed by atoms with Crippen molar-refractivity contribution in [1.29, 1.82) is 0 Å². The van der Waals surface area contributed by atoms with Gasteiger partial charge in [0.25, 0.3) is 0 Å². The summed E-state index contributed by atoms with van der Waals surface area (Å²) < 4.78 is 1.15. The summed E-state index contributed by atoms with van der Waals surface area (Å²) in [6, 6.07) is 0. The predicted molar refractivity (Wildman–Crippen MR) is 86.0 cm³/mol. The first-order valence-electron chi connectivity index (χ1n) is 7.38. The molecule has 1 aliphatic heterocycles. The maximum atomic E-state index is 4.55. The smallest absolute Gasteiger partial charge is 0.150 e. The molecule has 1 saturated heterocycles. The second-order valence-electron chi connectivity index (χ2n) is 5.62. The summed E-state index contributed by atoms with van der Waals surface area (Å²) in [5.74, 6) is 1.07. The van der Waals surface area contributed by atoms with E-state index in [-0.39, 0.29) is 0 Å². The summed E-state index contributed by atoms with van der Waals surface area (Å²) in [6.45, 7) is 6.27. The number of nitrogens with zero attached hydrogens (tertiary/aromatic N) is 5. The zero-order valence-electron chi connectivity index (χ0n) is 12.3. The third kappa shape index (κ3) is 1.97. The van der Waals surface area contributed by atoms with Crippen LogP contribution in [-0.2, 0) is 0 Å². The Bertz CT molecular complexity index is 820. The lowest BCUT2D eigenvalue weighted by Gasteiger charge is -2.27. The molecule has 5 nitrogen and oxygen atoms in total. The van der Waals surface area contributed by atoms with Crippen molar-refractivity contribution in [3.63, 3.8) is 0 Å². The highest BCUT2D eigenvalue weighted by Gasteiger charge is 2.20. The molecule has 0 N–H and O–H groups in total. The van der Waals surface area contributed by atoms with Crippen LogP contribution in [0.15, 0.2) is 6.33 Å². The molecule has 4 rings (SSSR count). The molecule has 0 bridgehead atoms. The molecule has 3 aromatic rings. The summed E-state index contributed by atoms with van der Waals surface area (Å²) in [4.78, 5) is 12.4. The second-order valence-corrected chi connectivity index (χ2v) is 6.61. The van der Waals surface area contributed by atoms with Gasteiger partial charge in [-0.25, -0.2) is 9.97 Å². The maximum absolute atomic E-state index is 4.55. The minimum atomic E-state index is 0.965. The van der Waals surface area contributed by atoms with Gasteiger partial charge in [0.15, 0.2) is 0 Å². The van der Waals surface area contributed by atoms with Gasteiger partial charge in [0.2, 0.25) is 0 Å². The molecule has 0 aliphatic carbocycles. The average Bonchev–Trinajstić information content (AvgIpc) is 2.91. The molecule has 1 aliphatic rings. The Labute approximate surface area is 127 Å². The number of rotatable bonds is 1. The molecule has 4 heterocycles. The van der Waals surface area contributed by atoms with Gasteiger partial charge in [-0.3, -0.25) is 0 Å². The Morgan fingerprint density at radius 2 is 1.86 bits per heavy atom. The average molecular weight is 299 g/mol. The topological polar surface area (TPSA) is 54.8 Å². The van der Waals surface area contributed by atoms with Gasteiger partial charge >= 0.3 is 0 Å². The van der Waals surface area contributed by atoms with E-state index < -0.39 is 0 Å². The lowest BCUT2D eigenvalue weighted by molar-refractivity contribution is 0.575. The van der Waals surface area contributed by atoms with Crippen LogP contribution in [0.5, 0.6) is 0 Å². The monoisotopic (exact) mass is 299 g/mol. The highest BCUT2D eigenvalue weighted by Crippen LogP contribution is 2.38. The predicted octanol–water partition coefficient (Wildman–Crippen LogP) is 3.24. The minimum absolute atomic E-state index is 0.965. The molecule has 21 heavy (non-hydrogen) atoms. The van der Waals surface area contributed by atoms with Gasteiger partial charge in [0.05, 0.1) is 15.9 Å². The molecule has 0 amide bonds. The molecule has 0 aromatic carbocycles. The Hall–Kier alpha value is -1.82. The summed E-state index contributed by atoms with van der Waals surface area (Å²) in [6.07, 6.45) is 5.50. The molecule has 0 saturated carbocycles. The fourth-order valence-electron chi connectivity index (χ4n) is 3.00. The van der Waals surface area contributed by atoms with Gasteiger partial charge in [0.1, 0.15) is 17.0 Å². The van der Waals surface area contributed by atoms with E-state index in [0.717, 1.165) is 45.0 Å². The molecule has 1 fully saturated rings. The van der Waals surface area contributed by atoms with Crippen LogP contribution in [0, 0.1) is 13.8 Å². The molecular formula is C15H17N5S. The number of aromatic nitrogens is 4. The van der Waals surface area contributed by atoms with Crippen molar-refractivity contribution < 1.29 is 0 Å². The number of thiophene rings is 1. The lowest BCUT2D eigenvalue weighted by Crippen LogP contribution is -2.30. The van der Waals surface area contributed by atoms with Gasteiger partial charge in [0, 0.05) is 18.5 Å². The molecule has 0 atom stereocenters. The van der Waals surface area contributed by atoms with Crippen molar-refractivity contribution in [2.75, 3.05) is 18.0 Å². The number of piperidine rings is 1. The summed E-state index contributed by atoms with van der Waals surface area (Å²) in [5.41, 5.74) is 3.18. The first-order valence-corrected chi connectivity index (χ1v) is 8.19. The maximum Gasteiger partial charge on any atom is 0.150 e. The first kappa shape index (κ1) is 12.9. The van der Waals surface area contributed by atoms with Crippen molar-refractivity contribution in [3.8, 4) is 0 Å². The highest BCUT2D eigenvalue weighted by atomic mass is 32.1. The van der Waals surface area contributed by atoms with E-state index in [0.29, 0.717) is 0 Å². The molecule has 6 heteroatoms. The van der Waals surface area contributed by atoms with Crippen LogP contribution in [-0.4, -0.2) is 33.3 Å². The third-order valence-corrected chi connectivity index (χ3v) is 5.36. The number of fused-ring (bicyclic) bond motifs is 3. The molecule has 0 radical (unpaired) electrons. The SMILES string of the molecule is Cc1nnc2sc3c(N4CCCCC4)ncnc3c2c1C. The second kappa shape index (κ2) is 4.87. The van der Waals surface area contributed by atoms with Gasteiger partial charge in [-0.05, 0) is 38.7 Å². The Morgan fingerprint density at radius 3 is 2.67 bits per heavy atom. The largest absolute Gasteiger partial charge is 0.355 e. The first-order chi connectivity index (χ1) is 10.3. The van der Waals surface area contributed by atoms with Crippen LogP contribution in [0.4, 0.5) is 5.82 Å². The number of hydrogen-bond acceptors (Lipinski definition) is 6. The van der Waals surface area contributed by atoms with Gasteiger partial charge in [-0.1, -0.05) is 0 Å². The van der Waals surface area contributed by atoms with E-state index in [1.807, 2.05) is 6.92 Å². The Kier molecular flexibility index (Phi) is 2.99. The lowest BCUT2D eigenvalue weighted by atomic mass is 10.1. The van der Waals surface area contributed by atoms with Crippen molar-refractivity contribution >= 4 is 37.6 Å². The van der Waals surface area contributed by atoms with E-state index in [2.05, 4.69) is 32.0 Å². The zero-order valence-corrected chi connectivity index (χ0v) is 13.1. The van der Waals surface area contributed by atoms with E-state index in [4.69, 9.17) is 0 Å². The normalized spacial score (nSPS) is 16.0. The van der Waals surface area contributed by atoms with Crippen molar-refractivity contribution in [2.45, 2.75) is 33.1 Å². The van der Waals surface area contributed by atoms with E-state index in [1.54, 1.807) is 17.7 Å². The summed E-state index contributed by atoms with van der Waals surface area (Å²) in [5, 5.41) is 9.73. The molecule has 3 aromatic heterocycles. The van der Waals surface area contributed by atoms with E-state index in [1.165, 1.54) is 24.8 Å². The van der Waals surface area contributed by atoms with Crippen molar-refractivity contribution in [1.82, 2.24) is 20.2 Å². The van der Waals surface area contributed by atoms with Gasteiger partial charge < -0.3 is 4.90 Å². The quantitative estimate of drug-likeness (QED) is 0.690. The number of aryl methyl sites for hydroxylation is 2. The highest BCUT2D eigenvalue weighted by molar-refractivity contribution is 7.26. The van der Waals surface area contributed by atoms with Gasteiger partial charge in [-0.2, -0.15) is 5.10 Å². The zero-order chi connectivity index (χ0) is 14.4. The standard InChI is InChI=1S/C15H17N5S/c1-9-10(2)18-19-15-11(9)12-13(21-15)14(17-8-16-12)20-6-4-3-5-7-20/h8H,3-7H2,1-2H3. The number of hydrogen-bond donors (Lipinski definition) is 0. The summed E-state index contributed by atoms with van der Waals surface area (Å²) >= 11 is 1.66. The minimum Gasteiger partial charge on any atom is -0.355 e. The Morgan fingerprint density at radius 1 is 1.05 bits per heavy atom. The number of anilines is 1. The van der Waals surface area contributed by atoms with Crippen LogP contribution < -0.4 is 4.90 Å². The molecule has 108 valence electrons. The molecule has 0 unspecified atom stereocenters.